The zero-order chi connectivity index (χ0) is 9.80. The highest BCUT2D eigenvalue weighted by molar-refractivity contribution is 5.84. The predicted molar refractivity (Wildman–Crippen MR) is 50.9 cm³/mol. The Balaban J connectivity index is 1.88. The molecule has 1 saturated heterocycles. The van der Waals surface area contributed by atoms with Gasteiger partial charge in [-0.1, -0.05) is 0 Å². The number of aromatic amines is 1. The number of carbonyl (C=O) groups is 1. The molecule has 0 bridgehead atoms. The Morgan fingerprint density at radius 2 is 2.57 bits per heavy atom. The summed E-state index contributed by atoms with van der Waals surface area (Å²) < 4.78 is 5.40. The fourth-order valence-electron chi connectivity index (χ4n) is 1.67. The third-order valence-electron chi connectivity index (χ3n) is 2.44. The van der Waals surface area contributed by atoms with E-state index in [1.165, 1.54) is 0 Å². The average Bonchev–Trinajstić information content (AvgIpc) is 2.72. The summed E-state index contributed by atoms with van der Waals surface area (Å²) in [6.45, 7) is 0.717. The molecule has 2 heterocycles. The number of imidazole rings is 1. The third kappa shape index (κ3) is 2.20. The molecule has 0 saturated carbocycles. The van der Waals surface area contributed by atoms with Crippen LogP contribution in [0, 0.1) is 0 Å². The molecule has 1 fully saturated rings. The maximum absolute atomic E-state index is 11.7. The minimum Gasteiger partial charge on any atom is -0.370 e. The molecule has 0 spiro atoms. The van der Waals surface area contributed by atoms with Crippen LogP contribution in [-0.2, 0) is 16.0 Å². The summed E-state index contributed by atoms with van der Waals surface area (Å²) in [5.74, 6) is 0.865. The normalized spacial score (nSPS) is 22.1. The molecule has 1 aliphatic heterocycles. The van der Waals surface area contributed by atoms with Gasteiger partial charge < -0.3 is 9.72 Å². The van der Waals surface area contributed by atoms with Gasteiger partial charge >= 0.3 is 0 Å². The van der Waals surface area contributed by atoms with Crippen molar-refractivity contribution in [2.75, 3.05) is 6.61 Å². The van der Waals surface area contributed by atoms with Crippen LogP contribution in [0.4, 0.5) is 0 Å². The lowest BCUT2D eigenvalue weighted by atomic mass is 10.0. The molecule has 4 heteroatoms. The van der Waals surface area contributed by atoms with Crippen molar-refractivity contribution >= 4 is 5.78 Å². The van der Waals surface area contributed by atoms with Crippen molar-refractivity contribution in [3.63, 3.8) is 0 Å². The number of carbonyl (C=O) groups excluding carboxylic acids is 1. The van der Waals surface area contributed by atoms with Crippen molar-refractivity contribution < 1.29 is 9.53 Å². The molecule has 14 heavy (non-hydrogen) atoms. The van der Waals surface area contributed by atoms with Crippen molar-refractivity contribution in [1.82, 2.24) is 9.97 Å². The lowest BCUT2D eigenvalue weighted by molar-refractivity contribution is -0.132. The van der Waals surface area contributed by atoms with Crippen LogP contribution in [0.15, 0.2) is 12.4 Å². The highest BCUT2D eigenvalue weighted by atomic mass is 16.5. The molecule has 0 amide bonds. The summed E-state index contributed by atoms with van der Waals surface area (Å²) in [6, 6.07) is 0. The van der Waals surface area contributed by atoms with E-state index >= 15 is 0 Å². The second kappa shape index (κ2) is 4.37. The van der Waals surface area contributed by atoms with E-state index in [1.807, 2.05) is 0 Å². The minimum atomic E-state index is -0.200. The molecule has 1 aromatic heterocycles. The first-order valence-corrected chi connectivity index (χ1v) is 4.99. The van der Waals surface area contributed by atoms with Crippen LogP contribution in [0.1, 0.15) is 25.1 Å². The number of nitrogens with zero attached hydrogens (tertiary/aromatic N) is 1. The molecular formula is C10H14N2O2. The third-order valence-corrected chi connectivity index (χ3v) is 2.44. The van der Waals surface area contributed by atoms with Gasteiger partial charge in [0.2, 0.25) is 0 Å². The fourth-order valence-corrected chi connectivity index (χ4v) is 1.67. The molecule has 0 aromatic carbocycles. The monoisotopic (exact) mass is 194 g/mol. The first-order chi connectivity index (χ1) is 6.86. The van der Waals surface area contributed by atoms with Crippen LogP contribution in [0.2, 0.25) is 0 Å². The SMILES string of the molecule is O=C(Cc1ncc[nH]1)C1CCCCO1. The average molecular weight is 194 g/mol. The number of nitrogens with one attached hydrogen (secondary N) is 1. The lowest BCUT2D eigenvalue weighted by Crippen LogP contribution is -2.29. The highest BCUT2D eigenvalue weighted by Gasteiger charge is 2.22. The predicted octanol–water partition coefficient (Wildman–Crippen LogP) is 1.09. The molecule has 1 aromatic rings. The maximum atomic E-state index is 11.7. The maximum Gasteiger partial charge on any atom is 0.169 e. The van der Waals surface area contributed by atoms with Crippen LogP contribution in [0.3, 0.4) is 0 Å². The van der Waals surface area contributed by atoms with E-state index in [0.717, 1.165) is 25.1 Å². The van der Waals surface area contributed by atoms with E-state index in [0.29, 0.717) is 13.0 Å². The van der Waals surface area contributed by atoms with E-state index in [-0.39, 0.29) is 11.9 Å². The van der Waals surface area contributed by atoms with Crippen LogP contribution in [0.5, 0.6) is 0 Å². The first-order valence-electron chi connectivity index (χ1n) is 4.99. The summed E-state index contributed by atoms with van der Waals surface area (Å²) in [5, 5.41) is 0. The van der Waals surface area contributed by atoms with Crippen molar-refractivity contribution in [1.29, 1.82) is 0 Å². The van der Waals surface area contributed by atoms with E-state index in [1.54, 1.807) is 12.4 Å². The molecule has 4 nitrogen and oxygen atoms in total. The van der Waals surface area contributed by atoms with Crippen LogP contribution in [0.25, 0.3) is 0 Å². The molecule has 76 valence electrons. The number of rotatable bonds is 3. The van der Waals surface area contributed by atoms with Gasteiger partial charge in [-0.15, -0.1) is 0 Å². The minimum absolute atomic E-state index is 0.139. The number of hydrogen-bond donors (Lipinski definition) is 1. The number of aromatic nitrogens is 2. The van der Waals surface area contributed by atoms with Gasteiger partial charge in [0.15, 0.2) is 5.78 Å². The Bertz CT molecular complexity index is 289. The molecular weight excluding hydrogens is 180 g/mol. The van der Waals surface area contributed by atoms with Gasteiger partial charge in [0, 0.05) is 19.0 Å². The number of hydrogen-bond acceptors (Lipinski definition) is 3. The van der Waals surface area contributed by atoms with Crippen molar-refractivity contribution in [2.24, 2.45) is 0 Å². The Morgan fingerprint density at radius 1 is 1.64 bits per heavy atom. The van der Waals surface area contributed by atoms with Gasteiger partial charge in [0.25, 0.3) is 0 Å². The van der Waals surface area contributed by atoms with Gasteiger partial charge in [0.05, 0.1) is 6.42 Å². The molecule has 1 aliphatic rings. The fraction of sp³-hybridized carbons (Fsp3) is 0.600. The second-order valence-electron chi connectivity index (χ2n) is 3.53. The van der Waals surface area contributed by atoms with Crippen LogP contribution < -0.4 is 0 Å². The quantitative estimate of drug-likeness (QED) is 0.783. The summed E-state index contributed by atoms with van der Waals surface area (Å²) in [6.07, 6.45) is 6.57. The summed E-state index contributed by atoms with van der Waals surface area (Å²) >= 11 is 0. The van der Waals surface area contributed by atoms with Crippen molar-refractivity contribution in [2.45, 2.75) is 31.8 Å². The van der Waals surface area contributed by atoms with Crippen molar-refractivity contribution in [3.8, 4) is 0 Å². The molecule has 1 unspecified atom stereocenters. The molecule has 0 aliphatic carbocycles. The summed E-state index contributed by atoms with van der Waals surface area (Å²) in [5.41, 5.74) is 0. The van der Waals surface area contributed by atoms with Gasteiger partial charge in [-0.2, -0.15) is 0 Å². The zero-order valence-electron chi connectivity index (χ0n) is 8.03. The number of ether oxygens (including phenoxy) is 1. The Kier molecular flexibility index (Phi) is 2.93. The Morgan fingerprint density at radius 3 is 3.21 bits per heavy atom. The molecule has 0 radical (unpaired) electrons. The largest absolute Gasteiger partial charge is 0.370 e. The number of ketones is 1. The van der Waals surface area contributed by atoms with E-state index < -0.39 is 0 Å². The van der Waals surface area contributed by atoms with Crippen molar-refractivity contribution in [3.05, 3.63) is 18.2 Å². The molecule has 1 atom stereocenters. The molecule has 1 N–H and O–H groups in total. The van der Waals surface area contributed by atoms with Gasteiger partial charge in [0.1, 0.15) is 11.9 Å². The summed E-state index contributed by atoms with van der Waals surface area (Å²) in [7, 11) is 0. The standard InChI is InChI=1S/C10H14N2O2/c13-8(7-10-11-4-5-12-10)9-3-1-2-6-14-9/h4-5,9H,1-3,6-7H2,(H,11,12). The Labute approximate surface area is 82.7 Å². The van der Waals surface area contributed by atoms with E-state index in [4.69, 9.17) is 4.74 Å². The summed E-state index contributed by atoms with van der Waals surface area (Å²) in [4.78, 5) is 18.6. The molecule has 2 rings (SSSR count). The van der Waals surface area contributed by atoms with Gasteiger partial charge in [-0.3, -0.25) is 4.79 Å². The van der Waals surface area contributed by atoms with Crippen LogP contribution >= 0.6 is 0 Å². The van der Waals surface area contributed by atoms with E-state index in [9.17, 15) is 4.79 Å². The smallest absolute Gasteiger partial charge is 0.169 e. The van der Waals surface area contributed by atoms with Gasteiger partial charge in [-0.05, 0) is 19.3 Å². The van der Waals surface area contributed by atoms with Crippen LogP contribution in [-0.4, -0.2) is 28.5 Å². The first kappa shape index (κ1) is 9.40. The van der Waals surface area contributed by atoms with Gasteiger partial charge in [-0.25, -0.2) is 4.98 Å². The zero-order valence-corrected chi connectivity index (χ0v) is 8.03. The number of H-pyrrole nitrogens is 1. The Hall–Kier alpha value is -1.16. The lowest BCUT2D eigenvalue weighted by Gasteiger charge is -2.20. The second-order valence-corrected chi connectivity index (χ2v) is 3.53. The topological polar surface area (TPSA) is 55.0 Å². The van der Waals surface area contributed by atoms with E-state index in [2.05, 4.69) is 9.97 Å². The number of Topliss-reactive ketones (excluding diaryl/α,β-unsaturated/α-hetero) is 1. The highest BCUT2D eigenvalue weighted by Crippen LogP contribution is 2.14.